The van der Waals surface area contributed by atoms with Gasteiger partial charge in [0.2, 0.25) is 0 Å². The van der Waals surface area contributed by atoms with Gasteiger partial charge in [0.1, 0.15) is 6.29 Å². The second-order valence-electron chi connectivity index (χ2n) is 8.49. The van der Waals surface area contributed by atoms with E-state index < -0.39 is 0 Å². The first-order chi connectivity index (χ1) is 14.1. The Hall–Kier alpha value is -1.10. The lowest BCUT2D eigenvalue weighted by Gasteiger charge is -2.37. The molecule has 0 spiro atoms. The van der Waals surface area contributed by atoms with E-state index in [1.165, 1.54) is 12.0 Å². The van der Waals surface area contributed by atoms with Gasteiger partial charge in [-0.3, -0.25) is 4.90 Å². The van der Waals surface area contributed by atoms with Gasteiger partial charge in [0.15, 0.2) is 0 Å². The maximum Gasteiger partial charge on any atom is 0.126 e. The summed E-state index contributed by atoms with van der Waals surface area (Å²) in [6.45, 7) is 9.52. The second-order valence-corrected chi connectivity index (χ2v) is 8.93. The molecular formula is C24H39ClN2O2. The van der Waals surface area contributed by atoms with Crippen molar-refractivity contribution in [3.8, 4) is 0 Å². The van der Waals surface area contributed by atoms with Crippen LogP contribution in [0, 0.1) is 5.41 Å². The minimum absolute atomic E-state index is 0.148. The number of unbranched alkanes of at least 4 members (excludes halogenated alkanes) is 1. The van der Waals surface area contributed by atoms with Crippen LogP contribution in [-0.2, 0) is 9.53 Å². The first-order valence-electron chi connectivity index (χ1n) is 11.3. The lowest BCUT2D eigenvalue weighted by atomic mass is 9.75. The van der Waals surface area contributed by atoms with Crippen molar-refractivity contribution in [1.82, 2.24) is 4.90 Å². The van der Waals surface area contributed by atoms with Crippen LogP contribution >= 0.6 is 11.6 Å². The van der Waals surface area contributed by atoms with Gasteiger partial charge in [0.05, 0.1) is 6.10 Å². The summed E-state index contributed by atoms with van der Waals surface area (Å²) in [5, 5.41) is 0.793. The highest BCUT2D eigenvalue weighted by atomic mass is 35.5. The molecule has 4 nitrogen and oxygen atoms in total. The molecule has 0 bridgehead atoms. The van der Waals surface area contributed by atoms with Crippen molar-refractivity contribution in [3.05, 3.63) is 29.3 Å². The van der Waals surface area contributed by atoms with Gasteiger partial charge >= 0.3 is 0 Å². The molecule has 2 atom stereocenters. The van der Waals surface area contributed by atoms with Crippen molar-refractivity contribution in [2.45, 2.75) is 64.9 Å². The molecule has 0 amide bonds. The van der Waals surface area contributed by atoms with E-state index in [1.807, 2.05) is 18.2 Å². The van der Waals surface area contributed by atoms with Crippen molar-refractivity contribution < 1.29 is 9.53 Å². The van der Waals surface area contributed by atoms with Gasteiger partial charge in [-0.05, 0) is 43.9 Å². The van der Waals surface area contributed by atoms with Crippen molar-refractivity contribution in [1.29, 1.82) is 0 Å². The van der Waals surface area contributed by atoms with Gasteiger partial charge < -0.3 is 14.4 Å². The molecule has 2 rings (SSSR count). The highest BCUT2D eigenvalue weighted by molar-refractivity contribution is 6.30. The number of carbonyl (C=O) groups is 1. The summed E-state index contributed by atoms with van der Waals surface area (Å²) in [6, 6.07) is 8.11. The monoisotopic (exact) mass is 422 g/mol. The molecule has 164 valence electrons. The molecular weight excluding hydrogens is 384 g/mol. The third-order valence-corrected chi connectivity index (χ3v) is 6.54. The number of rotatable bonds is 13. The first kappa shape index (κ1) is 24.2. The van der Waals surface area contributed by atoms with Gasteiger partial charge in [0, 0.05) is 56.0 Å². The van der Waals surface area contributed by atoms with Crippen molar-refractivity contribution in [2.75, 3.05) is 44.7 Å². The number of hydrogen-bond donors (Lipinski definition) is 0. The van der Waals surface area contributed by atoms with Gasteiger partial charge in [-0.15, -0.1) is 0 Å². The number of benzene rings is 1. The summed E-state index contributed by atoms with van der Waals surface area (Å²) >= 11 is 6.14. The topological polar surface area (TPSA) is 32.8 Å². The smallest absolute Gasteiger partial charge is 0.126 e. The van der Waals surface area contributed by atoms with Crippen LogP contribution in [0.3, 0.4) is 0 Å². The molecule has 5 heteroatoms. The van der Waals surface area contributed by atoms with E-state index in [2.05, 4.69) is 29.7 Å². The standard InChI is InChI=1S/C24H39ClN2O2/c1-4-6-12-24(20-28,11-5-2)19-23(29-3)10-13-26-14-16-27(17-15-26)22-9-7-8-21(25)18-22/h7-9,18,20,23H,4-6,10-17,19H2,1-3H3. The Morgan fingerprint density at radius 2 is 1.93 bits per heavy atom. The molecule has 0 aromatic heterocycles. The summed E-state index contributed by atoms with van der Waals surface area (Å²) in [7, 11) is 1.79. The fourth-order valence-corrected chi connectivity index (χ4v) is 4.69. The van der Waals surface area contributed by atoms with Crippen LogP contribution < -0.4 is 4.90 Å². The van der Waals surface area contributed by atoms with Crippen LogP contribution in [0.25, 0.3) is 0 Å². The highest BCUT2D eigenvalue weighted by Crippen LogP contribution is 2.35. The lowest BCUT2D eigenvalue weighted by molar-refractivity contribution is -0.119. The fraction of sp³-hybridized carbons (Fsp3) is 0.708. The van der Waals surface area contributed by atoms with Crippen molar-refractivity contribution in [2.24, 2.45) is 5.41 Å². The minimum atomic E-state index is -0.212. The van der Waals surface area contributed by atoms with Gasteiger partial charge in [-0.25, -0.2) is 0 Å². The molecule has 0 radical (unpaired) electrons. The van der Waals surface area contributed by atoms with E-state index in [0.29, 0.717) is 0 Å². The molecule has 1 aromatic rings. The van der Waals surface area contributed by atoms with Gasteiger partial charge in [-0.1, -0.05) is 50.8 Å². The number of aldehydes is 1. The minimum Gasteiger partial charge on any atom is -0.381 e. The van der Waals surface area contributed by atoms with E-state index in [-0.39, 0.29) is 11.5 Å². The zero-order chi connectivity index (χ0) is 21.1. The highest BCUT2D eigenvalue weighted by Gasteiger charge is 2.32. The Balaban J connectivity index is 1.83. The fourth-order valence-electron chi connectivity index (χ4n) is 4.51. The number of anilines is 1. The second kappa shape index (κ2) is 12.6. The summed E-state index contributed by atoms with van der Waals surface area (Å²) < 4.78 is 5.82. The van der Waals surface area contributed by atoms with Crippen LogP contribution in [0.2, 0.25) is 5.02 Å². The summed E-state index contributed by atoms with van der Waals surface area (Å²) in [5.74, 6) is 0. The predicted octanol–water partition coefficient (Wildman–Crippen LogP) is 5.43. The quantitative estimate of drug-likeness (QED) is 0.396. The van der Waals surface area contributed by atoms with Crippen LogP contribution in [-0.4, -0.2) is 57.1 Å². The number of hydrogen-bond acceptors (Lipinski definition) is 4. The Bertz CT molecular complexity index is 604. The zero-order valence-electron chi connectivity index (χ0n) is 18.5. The molecule has 0 aliphatic carbocycles. The van der Waals surface area contributed by atoms with E-state index in [1.54, 1.807) is 7.11 Å². The number of ether oxygens (including phenoxy) is 1. The van der Waals surface area contributed by atoms with E-state index in [0.717, 1.165) is 82.7 Å². The average molecular weight is 423 g/mol. The zero-order valence-corrected chi connectivity index (χ0v) is 19.3. The molecule has 29 heavy (non-hydrogen) atoms. The molecule has 1 aliphatic heterocycles. The predicted molar refractivity (Wildman–Crippen MR) is 123 cm³/mol. The van der Waals surface area contributed by atoms with Crippen LogP contribution in [0.4, 0.5) is 5.69 Å². The Morgan fingerprint density at radius 3 is 2.52 bits per heavy atom. The van der Waals surface area contributed by atoms with Crippen LogP contribution in [0.15, 0.2) is 24.3 Å². The Kier molecular flexibility index (Phi) is 10.5. The normalized spacial score (nSPS) is 18.4. The number of carbonyl (C=O) groups excluding carboxylic acids is 1. The number of nitrogens with zero attached hydrogens (tertiary/aromatic N) is 2. The number of methoxy groups -OCH3 is 1. The average Bonchev–Trinajstić information content (AvgIpc) is 2.75. The van der Waals surface area contributed by atoms with E-state index in [9.17, 15) is 4.79 Å². The lowest BCUT2D eigenvalue weighted by Crippen LogP contribution is -2.47. The SMILES string of the molecule is CCCCC(C=O)(CCC)CC(CCN1CCN(c2cccc(Cl)c2)CC1)OC. The van der Waals surface area contributed by atoms with Crippen LogP contribution in [0.5, 0.6) is 0 Å². The molecule has 1 saturated heterocycles. The molecule has 1 aliphatic rings. The molecule has 0 N–H and O–H groups in total. The molecule has 0 saturated carbocycles. The summed E-state index contributed by atoms with van der Waals surface area (Å²) in [4.78, 5) is 16.9. The maximum atomic E-state index is 12.0. The third-order valence-electron chi connectivity index (χ3n) is 6.31. The molecule has 1 heterocycles. The first-order valence-corrected chi connectivity index (χ1v) is 11.7. The molecule has 2 unspecified atom stereocenters. The summed E-state index contributed by atoms with van der Waals surface area (Å²) in [6.07, 6.45) is 8.45. The molecule has 1 fully saturated rings. The van der Waals surface area contributed by atoms with Crippen molar-refractivity contribution >= 4 is 23.6 Å². The Labute approximate surface area is 182 Å². The van der Waals surface area contributed by atoms with Gasteiger partial charge in [0.25, 0.3) is 0 Å². The largest absolute Gasteiger partial charge is 0.381 e. The van der Waals surface area contributed by atoms with E-state index in [4.69, 9.17) is 16.3 Å². The number of halogens is 1. The summed E-state index contributed by atoms with van der Waals surface area (Å²) in [5.41, 5.74) is 0.995. The number of piperazine rings is 1. The van der Waals surface area contributed by atoms with Gasteiger partial charge in [-0.2, -0.15) is 0 Å². The third kappa shape index (κ3) is 7.58. The Morgan fingerprint density at radius 1 is 1.17 bits per heavy atom. The maximum absolute atomic E-state index is 12.0. The molecule has 1 aromatic carbocycles. The van der Waals surface area contributed by atoms with E-state index >= 15 is 0 Å². The van der Waals surface area contributed by atoms with Crippen LogP contribution in [0.1, 0.15) is 58.8 Å². The van der Waals surface area contributed by atoms with Crippen molar-refractivity contribution in [3.63, 3.8) is 0 Å².